The fraction of sp³-hybridized carbons (Fsp3) is 0.500. The minimum absolute atomic E-state index is 0.608. The highest BCUT2D eigenvalue weighted by atomic mass is 16.2. The fourth-order valence-electron chi connectivity index (χ4n) is 1.70. The summed E-state index contributed by atoms with van der Waals surface area (Å²) in [6.45, 7) is 5.59. The smallest absolute Gasteiger partial charge is 0.248 e. The van der Waals surface area contributed by atoms with E-state index in [4.69, 9.17) is 0 Å². The summed E-state index contributed by atoms with van der Waals surface area (Å²) in [5.41, 5.74) is -1.82. The van der Waals surface area contributed by atoms with E-state index in [1.807, 2.05) is 20.8 Å². The average Bonchev–Trinajstić information content (AvgIpc) is 2.40. The molecule has 2 aromatic heterocycles. The summed E-state index contributed by atoms with van der Waals surface area (Å²) >= 11 is 0. The second-order valence-corrected chi connectivity index (χ2v) is 4.50. The van der Waals surface area contributed by atoms with Gasteiger partial charge in [0, 0.05) is 21.1 Å². The molecule has 0 amide bonds. The fourth-order valence-corrected chi connectivity index (χ4v) is 1.70. The summed E-state index contributed by atoms with van der Waals surface area (Å²) in [5.74, 6) is 2.38. The van der Waals surface area contributed by atoms with Crippen molar-refractivity contribution in [1.29, 1.82) is 0 Å². The van der Waals surface area contributed by atoms with Crippen molar-refractivity contribution in [3.63, 3.8) is 0 Å². The van der Waals surface area contributed by atoms with E-state index in [2.05, 4.69) is 15.0 Å². The topological polar surface area (TPSA) is 105 Å². The zero-order chi connectivity index (χ0) is 16.3. The van der Waals surface area contributed by atoms with Crippen LogP contribution in [-0.4, -0.2) is 28.7 Å². The molecule has 9 nitrogen and oxygen atoms in total. The number of aryl methyl sites for hydroxylation is 3. The van der Waals surface area contributed by atoms with E-state index in [0.717, 1.165) is 31.2 Å². The molecule has 0 atom stereocenters. The Kier molecular flexibility index (Phi) is 4.90. The average molecular weight is 294 g/mol. The Labute approximate surface area is 120 Å². The largest absolute Gasteiger partial charge is 0.335 e. The molecule has 0 fully saturated rings. The lowest BCUT2D eigenvalue weighted by atomic mass is 10.6. The lowest BCUT2D eigenvalue weighted by Gasteiger charge is -2.02. The van der Waals surface area contributed by atoms with Gasteiger partial charge < -0.3 is 0 Å². The van der Waals surface area contributed by atoms with Gasteiger partial charge in [0.1, 0.15) is 17.5 Å². The monoisotopic (exact) mass is 294 g/mol. The van der Waals surface area contributed by atoms with Gasteiger partial charge in [0.25, 0.3) is 0 Å². The second kappa shape index (κ2) is 6.25. The minimum Gasteiger partial charge on any atom is -0.248 e. The predicted octanol–water partition coefficient (Wildman–Crippen LogP) is -1.42. The van der Waals surface area contributed by atoms with Crippen LogP contribution < -0.4 is 17.1 Å². The first kappa shape index (κ1) is 16.5. The highest BCUT2D eigenvalue weighted by molar-refractivity contribution is 4.91. The first-order valence-electron chi connectivity index (χ1n) is 6.14. The molecule has 0 bridgehead atoms. The summed E-state index contributed by atoms with van der Waals surface area (Å²) in [6, 6.07) is 0. The Bertz CT molecular complexity index is 678. The predicted molar refractivity (Wildman–Crippen MR) is 76.2 cm³/mol. The van der Waals surface area contributed by atoms with Gasteiger partial charge in [0.2, 0.25) is 0 Å². The molecule has 114 valence electrons. The van der Waals surface area contributed by atoms with Crippen LogP contribution in [0.25, 0.3) is 0 Å². The van der Waals surface area contributed by atoms with Gasteiger partial charge in [0.15, 0.2) is 0 Å². The van der Waals surface area contributed by atoms with E-state index in [0.29, 0.717) is 0 Å². The summed E-state index contributed by atoms with van der Waals surface area (Å²) in [5, 5.41) is 0. The van der Waals surface area contributed by atoms with Crippen molar-refractivity contribution in [3.8, 4) is 0 Å². The lowest BCUT2D eigenvalue weighted by Crippen LogP contribution is -2.51. The maximum Gasteiger partial charge on any atom is 0.335 e. The van der Waals surface area contributed by atoms with Gasteiger partial charge in [-0.1, -0.05) is 0 Å². The molecule has 0 saturated carbocycles. The van der Waals surface area contributed by atoms with Gasteiger partial charge in [-0.15, -0.1) is 0 Å². The molecule has 21 heavy (non-hydrogen) atoms. The molecule has 9 heteroatoms. The molecule has 0 radical (unpaired) electrons. The van der Waals surface area contributed by atoms with Crippen LogP contribution in [0.1, 0.15) is 17.5 Å². The molecule has 0 aliphatic heterocycles. The second-order valence-electron chi connectivity index (χ2n) is 4.50. The molecule has 2 rings (SSSR count). The summed E-state index contributed by atoms with van der Waals surface area (Å²) in [7, 11) is 3.97. The number of nitrogens with zero attached hydrogens (tertiary/aromatic N) is 6. The molecule has 0 N–H and O–H groups in total. The number of hydrogen-bond donors (Lipinski definition) is 0. The highest BCUT2D eigenvalue weighted by Crippen LogP contribution is 1.90. The van der Waals surface area contributed by atoms with Crippen LogP contribution in [-0.2, 0) is 21.1 Å². The van der Waals surface area contributed by atoms with E-state index in [-0.39, 0.29) is 0 Å². The van der Waals surface area contributed by atoms with E-state index < -0.39 is 17.1 Å². The zero-order valence-corrected chi connectivity index (χ0v) is 12.9. The summed E-state index contributed by atoms with van der Waals surface area (Å²) < 4.78 is 2.63. The zero-order valence-electron chi connectivity index (χ0n) is 12.9. The van der Waals surface area contributed by atoms with Crippen LogP contribution in [0.15, 0.2) is 14.4 Å². The van der Waals surface area contributed by atoms with Crippen molar-refractivity contribution in [2.45, 2.75) is 20.8 Å². The quantitative estimate of drug-likeness (QED) is 0.590. The van der Waals surface area contributed by atoms with Crippen LogP contribution in [0.2, 0.25) is 0 Å². The van der Waals surface area contributed by atoms with Crippen LogP contribution in [0.5, 0.6) is 0 Å². The molecular weight excluding hydrogens is 276 g/mol. The van der Waals surface area contributed by atoms with Crippen molar-refractivity contribution >= 4 is 0 Å². The lowest BCUT2D eigenvalue weighted by molar-refractivity contribution is 0.551. The minimum atomic E-state index is -0.608. The molecule has 0 saturated heterocycles. The normalized spacial score (nSPS) is 10.0. The van der Waals surface area contributed by atoms with Crippen LogP contribution >= 0.6 is 0 Å². The highest BCUT2D eigenvalue weighted by Gasteiger charge is 2.05. The maximum absolute atomic E-state index is 11.1. The van der Waals surface area contributed by atoms with Crippen molar-refractivity contribution in [1.82, 2.24) is 28.7 Å². The third-order valence-corrected chi connectivity index (χ3v) is 2.69. The Morgan fingerprint density at radius 3 is 0.952 bits per heavy atom. The SMILES string of the molecule is Cc1nc(C)nc(C)n1.Cn1c(=O)n(C)c(=O)n(C)c1=O. The molecule has 2 aromatic rings. The Balaban J connectivity index is 0.000000219. The van der Waals surface area contributed by atoms with Crippen molar-refractivity contribution in [3.05, 3.63) is 48.9 Å². The van der Waals surface area contributed by atoms with Gasteiger partial charge in [-0.2, -0.15) is 0 Å². The summed E-state index contributed by atoms with van der Waals surface area (Å²) in [6.07, 6.45) is 0. The Morgan fingerprint density at radius 2 is 0.762 bits per heavy atom. The van der Waals surface area contributed by atoms with Gasteiger partial charge in [-0.05, 0) is 20.8 Å². The molecular formula is C12H18N6O3. The molecule has 0 spiro atoms. The van der Waals surface area contributed by atoms with Gasteiger partial charge >= 0.3 is 17.1 Å². The molecule has 0 aliphatic carbocycles. The number of rotatable bonds is 0. The van der Waals surface area contributed by atoms with Gasteiger partial charge in [-0.3, -0.25) is 0 Å². The van der Waals surface area contributed by atoms with Crippen LogP contribution in [0.4, 0.5) is 0 Å². The molecule has 0 aromatic carbocycles. The molecule has 0 unspecified atom stereocenters. The Hall–Kier alpha value is -2.58. The third kappa shape index (κ3) is 3.71. The number of aromatic nitrogens is 6. The van der Waals surface area contributed by atoms with E-state index in [9.17, 15) is 14.4 Å². The van der Waals surface area contributed by atoms with Crippen molar-refractivity contribution in [2.75, 3.05) is 0 Å². The number of hydrogen-bond acceptors (Lipinski definition) is 6. The van der Waals surface area contributed by atoms with Gasteiger partial charge in [-0.25, -0.2) is 43.0 Å². The maximum atomic E-state index is 11.1. The Morgan fingerprint density at radius 1 is 0.571 bits per heavy atom. The van der Waals surface area contributed by atoms with E-state index >= 15 is 0 Å². The standard InChI is InChI=1S/C6H9N3O3.C6H9N3/c1-7-4(10)8(2)6(12)9(3)5(7)11;1-4-7-5(2)9-6(3)8-4/h1-3H3;1-3H3. The van der Waals surface area contributed by atoms with Gasteiger partial charge in [0.05, 0.1) is 0 Å². The molecule has 2 heterocycles. The van der Waals surface area contributed by atoms with Crippen molar-refractivity contribution < 1.29 is 0 Å². The van der Waals surface area contributed by atoms with Crippen molar-refractivity contribution in [2.24, 2.45) is 21.1 Å². The third-order valence-electron chi connectivity index (χ3n) is 2.69. The molecule has 0 aliphatic rings. The van der Waals surface area contributed by atoms with Crippen LogP contribution in [0, 0.1) is 20.8 Å². The summed E-state index contributed by atoms with van der Waals surface area (Å²) in [4.78, 5) is 45.3. The first-order chi connectivity index (χ1) is 9.65. The van der Waals surface area contributed by atoms with E-state index in [1.165, 1.54) is 21.1 Å². The first-order valence-corrected chi connectivity index (χ1v) is 6.14. The van der Waals surface area contributed by atoms with E-state index in [1.54, 1.807) is 0 Å². The van der Waals surface area contributed by atoms with Crippen LogP contribution in [0.3, 0.4) is 0 Å².